The van der Waals surface area contributed by atoms with E-state index in [1.165, 1.54) is 0 Å². The van der Waals surface area contributed by atoms with Crippen LogP contribution in [-0.4, -0.2) is 18.7 Å². The number of hydrogen-bond acceptors (Lipinski definition) is 4. The first-order valence-electron chi connectivity index (χ1n) is 5.94. The minimum Gasteiger partial charge on any atom is -0.491 e. The minimum absolute atomic E-state index is 0.132. The lowest BCUT2D eigenvalue weighted by molar-refractivity contribution is -0.142. The summed E-state index contributed by atoms with van der Waals surface area (Å²) in [4.78, 5) is 10.9. The minimum atomic E-state index is -0.393. The number of carbonyl (C=O) groups excluding carboxylic acids is 1. The Bertz CT molecular complexity index is 404. The van der Waals surface area contributed by atoms with Crippen LogP contribution in [0.25, 0.3) is 0 Å². The van der Waals surface area contributed by atoms with Gasteiger partial charge < -0.3 is 15.2 Å². The zero-order chi connectivity index (χ0) is 13.4. The van der Waals surface area contributed by atoms with Crippen molar-refractivity contribution in [3.63, 3.8) is 0 Å². The van der Waals surface area contributed by atoms with Crippen molar-refractivity contribution in [3.05, 3.63) is 36.9 Å². The Morgan fingerprint density at radius 1 is 1.50 bits per heavy atom. The van der Waals surface area contributed by atoms with Gasteiger partial charge in [0.1, 0.15) is 5.75 Å². The van der Waals surface area contributed by atoms with E-state index in [1.54, 1.807) is 6.07 Å². The maximum absolute atomic E-state index is 10.9. The number of benzene rings is 1. The molecule has 0 aromatic heterocycles. The van der Waals surface area contributed by atoms with Gasteiger partial charge in [0.15, 0.2) is 0 Å². The molecule has 1 aromatic carbocycles. The molecule has 0 aliphatic rings. The number of anilines is 1. The zero-order valence-corrected chi connectivity index (χ0v) is 10.6. The molecule has 0 radical (unpaired) electrons. The second kappa shape index (κ2) is 7.37. The first kappa shape index (κ1) is 14.1. The van der Waals surface area contributed by atoms with E-state index in [2.05, 4.69) is 6.58 Å². The first-order valence-corrected chi connectivity index (χ1v) is 5.94. The van der Waals surface area contributed by atoms with E-state index < -0.39 is 5.97 Å². The van der Waals surface area contributed by atoms with Crippen LogP contribution in [0.2, 0.25) is 0 Å². The van der Waals surface area contributed by atoms with Crippen LogP contribution in [0.4, 0.5) is 5.69 Å². The van der Waals surface area contributed by atoms with E-state index >= 15 is 0 Å². The van der Waals surface area contributed by atoms with Crippen molar-refractivity contribution in [2.45, 2.75) is 25.9 Å². The highest BCUT2D eigenvalue weighted by molar-refractivity contribution is 5.81. The van der Waals surface area contributed by atoms with Crippen molar-refractivity contribution in [3.8, 4) is 5.75 Å². The SMILES string of the molecule is C=CC(=O)OC(C)CCCOc1ccccc1N. The van der Waals surface area contributed by atoms with Gasteiger partial charge in [0.2, 0.25) is 0 Å². The number of hydrogen-bond donors (Lipinski definition) is 1. The molecule has 0 spiro atoms. The van der Waals surface area contributed by atoms with Crippen LogP contribution >= 0.6 is 0 Å². The molecule has 1 unspecified atom stereocenters. The van der Waals surface area contributed by atoms with Gasteiger partial charge in [-0.1, -0.05) is 18.7 Å². The highest BCUT2D eigenvalue weighted by atomic mass is 16.5. The number of carbonyl (C=O) groups is 1. The lowest BCUT2D eigenvalue weighted by atomic mass is 10.2. The highest BCUT2D eigenvalue weighted by Gasteiger charge is 2.06. The van der Waals surface area contributed by atoms with Gasteiger partial charge in [-0.3, -0.25) is 0 Å². The number of nitrogen functional groups attached to an aromatic ring is 1. The molecule has 4 nitrogen and oxygen atoms in total. The Morgan fingerprint density at radius 2 is 2.22 bits per heavy atom. The van der Waals surface area contributed by atoms with Crippen LogP contribution in [0.15, 0.2) is 36.9 Å². The van der Waals surface area contributed by atoms with Gasteiger partial charge in [-0.2, -0.15) is 0 Å². The molecular weight excluding hydrogens is 230 g/mol. The van der Waals surface area contributed by atoms with Crippen molar-refractivity contribution >= 4 is 11.7 Å². The fourth-order valence-corrected chi connectivity index (χ4v) is 1.47. The first-order chi connectivity index (χ1) is 8.63. The number of ether oxygens (including phenoxy) is 2. The molecule has 0 fully saturated rings. The fraction of sp³-hybridized carbons (Fsp3) is 0.357. The van der Waals surface area contributed by atoms with E-state index in [9.17, 15) is 4.79 Å². The van der Waals surface area contributed by atoms with Crippen LogP contribution < -0.4 is 10.5 Å². The predicted octanol–water partition coefficient (Wildman–Crippen LogP) is 2.55. The Labute approximate surface area is 107 Å². The number of esters is 1. The van der Waals surface area contributed by atoms with Crippen LogP contribution in [-0.2, 0) is 9.53 Å². The summed E-state index contributed by atoms with van der Waals surface area (Å²) in [5.41, 5.74) is 6.37. The third-order valence-corrected chi connectivity index (χ3v) is 2.42. The van der Waals surface area contributed by atoms with Crippen molar-refractivity contribution in [1.82, 2.24) is 0 Å². The molecule has 1 aromatic rings. The molecule has 0 saturated heterocycles. The normalized spacial score (nSPS) is 11.6. The van der Waals surface area contributed by atoms with Gasteiger partial charge >= 0.3 is 5.97 Å². The maximum atomic E-state index is 10.9. The molecule has 2 N–H and O–H groups in total. The summed E-state index contributed by atoms with van der Waals surface area (Å²) in [6, 6.07) is 7.36. The Balaban J connectivity index is 2.21. The predicted molar refractivity (Wildman–Crippen MR) is 71.3 cm³/mol. The summed E-state index contributed by atoms with van der Waals surface area (Å²) in [5, 5.41) is 0. The van der Waals surface area contributed by atoms with E-state index in [0.29, 0.717) is 18.0 Å². The van der Waals surface area contributed by atoms with Gasteiger partial charge in [0.05, 0.1) is 18.4 Å². The zero-order valence-electron chi connectivity index (χ0n) is 10.6. The molecule has 1 atom stereocenters. The molecule has 0 heterocycles. The summed E-state index contributed by atoms with van der Waals surface area (Å²) in [6.45, 7) is 5.74. The van der Waals surface area contributed by atoms with Crippen LogP contribution in [0.1, 0.15) is 19.8 Å². The molecule has 98 valence electrons. The van der Waals surface area contributed by atoms with Gasteiger partial charge in [-0.15, -0.1) is 0 Å². The second-order valence-electron chi connectivity index (χ2n) is 3.98. The van der Waals surface area contributed by atoms with E-state index in [4.69, 9.17) is 15.2 Å². The fourth-order valence-electron chi connectivity index (χ4n) is 1.47. The van der Waals surface area contributed by atoms with E-state index in [1.807, 2.05) is 25.1 Å². The van der Waals surface area contributed by atoms with Crippen molar-refractivity contribution in [2.75, 3.05) is 12.3 Å². The summed E-state index contributed by atoms with van der Waals surface area (Å²) in [5.74, 6) is 0.295. The largest absolute Gasteiger partial charge is 0.491 e. The van der Waals surface area contributed by atoms with E-state index in [0.717, 1.165) is 18.9 Å². The lowest BCUT2D eigenvalue weighted by Crippen LogP contribution is -2.14. The Hall–Kier alpha value is -1.97. The summed E-state index contributed by atoms with van der Waals surface area (Å²) in [7, 11) is 0. The molecule has 0 aliphatic heterocycles. The monoisotopic (exact) mass is 249 g/mol. The Kier molecular flexibility index (Phi) is 5.77. The van der Waals surface area contributed by atoms with Crippen LogP contribution in [0.5, 0.6) is 5.75 Å². The molecule has 0 saturated carbocycles. The van der Waals surface area contributed by atoms with Gasteiger partial charge in [-0.25, -0.2) is 4.79 Å². The van der Waals surface area contributed by atoms with E-state index in [-0.39, 0.29) is 6.10 Å². The third kappa shape index (κ3) is 4.91. The standard InChI is InChI=1S/C14H19NO3/c1-3-14(16)18-11(2)7-6-10-17-13-9-5-4-8-12(13)15/h3-5,8-9,11H,1,6-7,10,15H2,2H3. The average Bonchev–Trinajstić information content (AvgIpc) is 2.36. The quantitative estimate of drug-likeness (QED) is 0.349. The summed E-state index contributed by atoms with van der Waals surface area (Å²) >= 11 is 0. The molecule has 1 rings (SSSR count). The molecule has 18 heavy (non-hydrogen) atoms. The summed E-state index contributed by atoms with van der Waals surface area (Å²) < 4.78 is 10.6. The van der Waals surface area contributed by atoms with Gasteiger partial charge in [0.25, 0.3) is 0 Å². The molecular formula is C14H19NO3. The number of rotatable bonds is 7. The maximum Gasteiger partial charge on any atom is 0.330 e. The Morgan fingerprint density at radius 3 is 2.89 bits per heavy atom. The second-order valence-corrected chi connectivity index (χ2v) is 3.98. The number of nitrogens with two attached hydrogens (primary N) is 1. The molecule has 0 aliphatic carbocycles. The van der Waals surface area contributed by atoms with Crippen LogP contribution in [0, 0.1) is 0 Å². The summed E-state index contributed by atoms with van der Waals surface area (Å²) in [6.07, 6.45) is 2.57. The van der Waals surface area contributed by atoms with Gasteiger partial charge in [0, 0.05) is 6.08 Å². The van der Waals surface area contributed by atoms with Crippen molar-refractivity contribution < 1.29 is 14.3 Å². The van der Waals surface area contributed by atoms with Crippen molar-refractivity contribution in [2.24, 2.45) is 0 Å². The molecule has 0 bridgehead atoms. The topological polar surface area (TPSA) is 61.5 Å². The van der Waals surface area contributed by atoms with Crippen molar-refractivity contribution in [1.29, 1.82) is 0 Å². The smallest absolute Gasteiger partial charge is 0.330 e. The molecule has 0 amide bonds. The van der Waals surface area contributed by atoms with Crippen LogP contribution in [0.3, 0.4) is 0 Å². The number of para-hydroxylation sites is 2. The highest BCUT2D eigenvalue weighted by Crippen LogP contribution is 2.20. The van der Waals surface area contributed by atoms with Gasteiger partial charge in [-0.05, 0) is 31.9 Å². The average molecular weight is 249 g/mol. The third-order valence-electron chi connectivity index (χ3n) is 2.42. The molecule has 4 heteroatoms. The lowest BCUT2D eigenvalue weighted by Gasteiger charge is -2.12.